The van der Waals surface area contributed by atoms with Crippen LogP contribution in [0.5, 0.6) is 5.88 Å². The van der Waals surface area contributed by atoms with E-state index in [2.05, 4.69) is 22.2 Å². The van der Waals surface area contributed by atoms with Crippen LogP contribution in [-0.4, -0.2) is 32.6 Å². The van der Waals surface area contributed by atoms with E-state index in [4.69, 9.17) is 5.73 Å². The molecule has 1 atom stereocenters. The lowest BCUT2D eigenvalue weighted by Crippen LogP contribution is -2.20. The van der Waals surface area contributed by atoms with Crippen LogP contribution in [0.25, 0.3) is 0 Å². The van der Waals surface area contributed by atoms with E-state index in [1.54, 1.807) is 0 Å². The molecule has 0 spiro atoms. The molecule has 1 unspecified atom stereocenters. The summed E-state index contributed by atoms with van der Waals surface area (Å²) in [5, 5.41) is 12.7. The van der Waals surface area contributed by atoms with E-state index in [1.165, 1.54) is 11.3 Å². The Kier molecular flexibility index (Phi) is 5.33. The molecule has 26 heavy (non-hydrogen) atoms. The second-order valence-electron chi connectivity index (χ2n) is 6.17. The first-order chi connectivity index (χ1) is 12.3. The van der Waals surface area contributed by atoms with E-state index in [0.717, 1.165) is 47.5 Å². The van der Waals surface area contributed by atoms with Gasteiger partial charge in [0.15, 0.2) is 5.16 Å². The highest BCUT2D eigenvalue weighted by Crippen LogP contribution is 2.39. The number of anilines is 1. The molecule has 0 bridgehead atoms. The molecule has 0 radical (unpaired) electrons. The number of nitrogens with two attached hydrogens (primary N) is 1. The van der Waals surface area contributed by atoms with Gasteiger partial charge in [0, 0.05) is 4.88 Å². The summed E-state index contributed by atoms with van der Waals surface area (Å²) >= 11 is 2.37. The van der Waals surface area contributed by atoms with Gasteiger partial charge in [-0.3, -0.25) is 14.4 Å². The Hall–Kier alpha value is -2.33. The Bertz CT molecular complexity index is 921. The van der Waals surface area contributed by atoms with E-state index in [0.29, 0.717) is 16.5 Å². The van der Waals surface area contributed by atoms with Gasteiger partial charge in [-0.05, 0) is 30.7 Å². The van der Waals surface area contributed by atoms with E-state index < -0.39 is 17.3 Å². The molecule has 2 aromatic heterocycles. The molecule has 0 aliphatic heterocycles. The number of aromatic amines is 1. The lowest BCUT2D eigenvalue weighted by atomic mass is 9.88. The van der Waals surface area contributed by atoms with Crippen LogP contribution in [-0.2, 0) is 17.6 Å². The maximum atomic E-state index is 12.2. The van der Waals surface area contributed by atoms with Crippen LogP contribution < -0.4 is 16.6 Å². The van der Waals surface area contributed by atoms with Gasteiger partial charge in [-0.1, -0.05) is 18.7 Å². The largest absolute Gasteiger partial charge is 0.493 e. The number of thioether (sulfide) groups is 1. The fraction of sp³-hybridized carbons (Fsp3) is 0.375. The SMILES string of the molecule is CC1CCc2c(sc(NC(=O)CSc3nc(O)cc(=O)[nH]3)c2C(N)=O)C1. The molecule has 5 N–H and O–H groups in total. The third kappa shape index (κ3) is 4.07. The molecule has 2 heterocycles. The van der Waals surface area contributed by atoms with E-state index in [9.17, 15) is 19.5 Å². The smallest absolute Gasteiger partial charge is 0.255 e. The van der Waals surface area contributed by atoms with Crippen LogP contribution in [0, 0.1) is 5.92 Å². The molecule has 2 amide bonds. The Morgan fingerprint density at radius 2 is 2.31 bits per heavy atom. The van der Waals surface area contributed by atoms with Gasteiger partial charge in [-0.15, -0.1) is 11.3 Å². The first-order valence-electron chi connectivity index (χ1n) is 8.00. The predicted molar refractivity (Wildman–Crippen MR) is 99.9 cm³/mol. The highest BCUT2D eigenvalue weighted by Gasteiger charge is 2.27. The van der Waals surface area contributed by atoms with Gasteiger partial charge >= 0.3 is 0 Å². The zero-order chi connectivity index (χ0) is 18.8. The molecular weight excluding hydrogens is 376 g/mol. The van der Waals surface area contributed by atoms with Crippen molar-refractivity contribution in [1.82, 2.24) is 9.97 Å². The molecule has 10 heteroatoms. The average molecular weight is 394 g/mol. The number of amides is 2. The predicted octanol–water partition coefficient (Wildman–Crippen LogP) is 1.49. The summed E-state index contributed by atoms with van der Waals surface area (Å²) in [7, 11) is 0. The number of nitrogens with one attached hydrogen (secondary N) is 2. The van der Waals surface area contributed by atoms with Crippen molar-refractivity contribution in [1.29, 1.82) is 0 Å². The molecule has 1 aliphatic carbocycles. The molecular formula is C16H18N4O4S2. The highest BCUT2D eigenvalue weighted by molar-refractivity contribution is 7.99. The maximum Gasteiger partial charge on any atom is 0.255 e. The fourth-order valence-corrected chi connectivity index (χ4v) is 4.99. The zero-order valence-electron chi connectivity index (χ0n) is 14.0. The van der Waals surface area contributed by atoms with Crippen LogP contribution in [0.2, 0.25) is 0 Å². The van der Waals surface area contributed by atoms with Crippen molar-refractivity contribution in [2.45, 2.75) is 31.3 Å². The van der Waals surface area contributed by atoms with Crippen LogP contribution in [0.3, 0.4) is 0 Å². The second kappa shape index (κ2) is 7.50. The number of rotatable bonds is 5. The number of carbonyl (C=O) groups is 2. The van der Waals surface area contributed by atoms with Gasteiger partial charge in [0.1, 0.15) is 5.00 Å². The maximum absolute atomic E-state index is 12.2. The standard InChI is InChI=1S/C16H18N4O4S2/c1-7-2-3-8-9(4-7)26-15(13(8)14(17)24)18-12(23)6-25-16-19-10(21)5-11(22)20-16/h5,7H,2-4,6H2,1H3,(H2,17,24)(H,18,23)(H2,19,20,21,22). The highest BCUT2D eigenvalue weighted by atomic mass is 32.2. The average Bonchev–Trinajstić information content (AvgIpc) is 2.89. The Morgan fingerprint density at radius 1 is 1.54 bits per heavy atom. The monoisotopic (exact) mass is 394 g/mol. The number of carbonyl (C=O) groups excluding carboxylic acids is 2. The number of aromatic hydroxyl groups is 1. The third-order valence-corrected chi connectivity index (χ3v) is 6.10. The summed E-state index contributed by atoms with van der Waals surface area (Å²) in [6, 6.07) is 0.945. The molecule has 1 aliphatic rings. The Balaban J connectivity index is 1.73. The van der Waals surface area contributed by atoms with Crippen molar-refractivity contribution in [3.63, 3.8) is 0 Å². The van der Waals surface area contributed by atoms with Crippen molar-refractivity contribution in [3.05, 3.63) is 32.4 Å². The quantitative estimate of drug-likeness (QED) is 0.448. The van der Waals surface area contributed by atoms with Crippen LogP contribution in [0.1, 0.15) is 34.1 Å². The number of primary amides is 1. The molecule has 0 aromatic carbocycles. The number of hydrogen-bond donors (Lipinski definition) is 4. The summed E-state index contributed by atoms with van der Waals surface area (Å²) in [6.45, 7) is 2.16. The lowest BCUT2D eigenvalue weighted by Gasteiger charge is -2.18. The number of fused-ring (bicyclic) bond motifs is 1. The minimum atomic E-state index is -0.543. The van der Waals surface area contributed by atoms with Crippen molar-refractivity contribution in [3.8, 4) is 5.88 Å². The van der Waals surface area contributed by atoms with Gasteiger partial charge in [-0.2, -0.15) is 4.98 Å². The summed E-state index contributed by atoms with van der Waals surface area (Å²) < 4.78 is 0. The zero-order valence-corrected chi connectivity index (χ0v) is 15.6. The number of hydrogen-bond acceptors (Lipinski definition) is 7. The molecule has 2 aromatic rings. The molecule has 0 saturated heterocycles. The fourth-order valence-electron chi connectivity index (χ4n) is 2.89. The Morgan fingerprint density at radius 3 is 3.00 bits per heavy atom. The Labute approximate surface area is 157 Å². The van der Waals surface area contributed by atoms with Crippen LogP contribution >= 0.6 is 23.1 Å². The summed E-state index contributed by atoms with van der Waals surface area (Å²) in [5.41, 5.74) is 6.37. The molecule has 0 saturated carbocycles. The van der Waals surface area contributed by atoms with Crippen LogP contribution in [0.15, 0.2) is 16.0 Å². The van der Waals surface area contributed by atoms with Crippen molar-refractivity contribution in [2.75, 3.05) is 11.1 Å². The minimum Gasteiger partial charge on any atom is -0.493 e. The molecule has 8 nitrogen and oxygen atoms in total. The van der Waals surface area contributed by atoms with Gasteiger partial charge in [0.2, 0.25) is 11.8 Å². The van der Waals surface area contributed by atoms with Crippen molar-refractivity contribution < 1.29 is 14.7 Å². The third-order valence-electron chi connectivity index (χ3n) is 4.06. The van der Waals surface area contributed by atoms with Crippen molar-refractivity contribution >= 4 is 39.9 Å². The molecule has 138 valence electrons. The van der Waals surface area contributed by atoms with Gasteiger partial charge in [0.05, 0.1) is 17.4 Å². The topological polar surface area (TPSA) is 138 Å². The van der Waals surface area contributed by atoms with Gasteiger partial charge in [-0.25, -0.2) is 0 Å². The van der Waals surface area contributed by atoms with Crippen molar-refractivity contribution in [2.24, 2.45) is 11.7 Å². The molecule has 0 fully saturated rings. The minimum absolute atomic E-state index is 0.0381. The summed E-state index contributed by atoms with van der Waals surface area (Å²) in [6.07, 6.45) is 2.65. The first-order valence-corrected chi connectivity index (χ1v) is 9.81. The van der Waals surface area contributed by atoms with Gasteiger partial charge < -0.3 is 21.1 Å². The molecule has 3 rings (SSSR count). The first kappa shape index (κ1) is 18.5. The summed E-state index contributed by atoms with van der Waals surface area (Å²) in [5.74, 6) is -0.805. The number of nitrogens with zero attached hydrogens (tertiary/aromatic N) is 1. The van der Waals surface area contributed by atoms with Gasteiger partial charge in [0.25, 0.3) is 11.5 Å². The van der Waals surface area contributed by atoms with E-state index in [1.807, 2.05) is 0 Å². The van der Waals surface area contributed by atoms with E-state index >= 15 is 0 Å². The number of thiophene rings is 1. The number of aromatic nitrogens is 2. The number of H-pyrrole nitrogens is 1. The second-order valence-corrected chi connectivity index (χ2v) is 8.23. The van der Waals surface area contributed by atoms with Crippen LogP contribution in [0.4, 0.5) is 5.00 Å². The van der Waals surface area contributed by atoms with E-state index in [-0.39, 0.29) is 16.8 Å². The summed E-state index contributed by atoms with van der Waals surface area (Å²) in [4.78, 5) is 42.7. The normalized spacial score (nSPS) is 16.1. The lowest BCUT2D eigenvalue weighted by molar-refractivity contribution is -0.113.